The zero-order valence-electron chi connectivity index (χ0n) is 10.1. The molecule has 0 spiro atoms. The van der Waals surface area contributed by atoms with E-state index in [4.69, 9.17) is 0 Å². The molecule has 0 bridgehead atoms. The number of benzene rings is 1. The second-order valence-corrected chi connectivity index (χ2v) is 4.71. The predicted molar refractivity (Wildman–Crippen MR) is 70.9 cm³/mol. The lowest BCUT2D eigenvalue weighted by Gasteiger charge is -2.25. The van der Waals surface area contributed by atoms with Crippen LogP contribution in [0.1, 0.15) is 12.8 Å². The number of phenolic OH excluding ortho intramolecular Hbond substituents is 1. The Morgan fingerprint density at radius 2 is 2.22 bits per heavy atom. The van der Waals surface area contributed by atoms with Gasteiger partial charge in [-0.25, -0.2) is 4.98 Å². The van der Waals surface area contributed by atoms with Crippen LogP contribution in [0.15, 0.2) is 30.5 Å². The summed E-state index contributed by atoms with van der Waals surface area (Å²) in [7, 11) is 0. The van der Waals surface area contributed by atoms with E-state index in [1.165, 1.54) is 0 Å². The maximum atomic E-state index is 9.62. The summed E-state index contributed by atoms with van der Waals surface area (Å²) >= 11 is 0. The molecule has 94 valence electrons. The molecule has 2 aromatic rings. The van der Waals surface area contributed by atoms with Crippen molar-refractivity contribution in [1.29, 1.82) is 0 Å². The van der Waals surface area contributed by atoms with E-state index in [0.717, 1.165) is 36.0 Å². The van der Waals surface area contributed by atoms with Crippen molar-refractivity contribution in [2.45, 2.75) is 18.9 Å². The van der Waals surface area contributed by atoms with Gasteiger partial charge in [-0.1, -0.05) is 6.07 Å². The van der Waals surface area contributed by atoms with Crippen LogP contribution in [0.5, 0.6) is 5.75 Å². The fourth-order valence-corrected chi connectivity index (χ4v) is 2.67. The third-order valence-electron chi connectivity index (χ3n) is 3.59. The van der Waals surface area contributed by atoms with E-state index in [9.17, 15) is 10.2 Å². The average molecular weight is 244 g/mol. The van der Waals surface area contributed by atoms with Crippen LogP contribution in [0.4, 0.5) is 5.82 Å². The van der Waals surface area contributed by atoms with Gasteiger partial charge in [0.15, 0.2) is 0 Å². The molecule has 0 saturated carbocycles. The number of aromatic nitrogens is 1. The van der Waals surface area contributed by atoms with Crippen molar-refractivity contribution in [3.8, 4) is 5.75 Å². The third-order valence-corrected chi connectivity index (χ3v) is 3.59. The number of aromatic hydroxyl groups is 1. The summed E-state index contributed by atoms with van der Waals surface area (Å²) in [4.78, 5) is 6.57. The number of rotatable bonds is 2. The minimum atomic E-state index is 0.144. The maximum absolute atomic E-state index is 9.62. The zero-order valence-corrected chi connectivity index (χ0v) is 10.1. The number of anilines is 1. The molecule has 4 heteroatoms. The van der Waals surface area contributed by atoms with Crippen LogP contribution in [0.2, 0.25) is 0 Å². The molecule has 1 saturated heterocycles. The van der Waals surface area contributed by atoms with Crippen molar-refractivity contribution < 1.29 is 10.2 Å². The third kappa shape index (κ3) is 1.78. The Balaban J connectivity index is 2.13. The van der Waals surface area contributed by atoms with Gasteiger partial charge in [-0.05, 0) is 36.4 Å². The van der Waals surface area contributed by atoms with Crippen LogP contribution in [-0.2, 0) is 0 Å². The van der Waals surface area contributed by atoms with Crippen LogP contribution in [0.25, 0.3) is 10.8 Å². The summed E-state index contributed by atoms with van der Waals surface area (Å²) in [6.07, 6.45) is 3.84. The van der Waals surface area contributed by atoms with Crippen molar-refractivity contribution in [1.82, 2.24) is 4.98 Å². The number of hydrogen-bond acceptors (Lipinski definition) is 4. The molecule has 2 N–H and O–H groups in total. The van der Waals surface area contributed by atoms with E-state index >= 15 is 0 Å². The lowest BCUT2D eigenvalue weighted by Crippen LogP contribution is -2.32. The normalized spacial score (nSPS) is 19.6. The van der Waals surface area contributed by atoms with Crippen LogP contribution < -0.4 is 4.90 Å². The quantitative estimate of drug-likeness (QED) is 0.847. The van der Waals surface area contributed by atoms with Crippen molar-refractivity contribution in [2.75, 3.05) is 18.1 Å². The van der Waals surface area contributed by atoms with Gasteiger partial charge in [-0.3, -0.25) is 0 Å². The fraction of sp³-hybridized carbons (Fsp3) is 0.357. The fourth-order valence-electron chi connectivity index (χ4n) is 2.67. The Morgan fingerprint density at radius 1 is 1.33 bits per heavy atom. The monoisotopic (exact) mass is 244 g/mol. The molecule has 0 aliphatic carbocycles. The smallest absolute Gasteiger partial charge is 0.136 e. The standard InChI is InChI=1S/C14H16N2O2/c17-9-11-2-1-7-16(11)14-13-8-12(18)4-3-10(13)5-6-15-14/h3-6,8,11,17-18H,1-2,7,9H2. The molecule has 3 rings (SSSR count). The second kappa shape index (κ2) is 4.46. The molecule has 4 nitrogen and oxygen atoms in total. The molecule has 2 heterocycles. The predicted octanol–water partition coefficient (Wildman–Crippen LogP) is 1.90. The molecular formula is C14H16N2O2. The van der Waals surface area contributed by atoms with Crippen LogP contribution in [-0.4, -0.2) is 34.4 Å². The van der Waals surface area contributed by atoms with Gasteiger partial charge >= 0.3 is 0 Å². The van der Waals surface area contributed by atoms with E-state index in [1.54, 1.807) is 18.3 Å². The number of fused-ring (bicyclic) bond motifs is 1. The molecule has 1 aromatic heterocycles. The van der Waals surface area contributed by atoms with E-state index < -0.39 is 0 Å². The maximum Gasteiger partial charge on any atom is 0.136 e. The second-order valence-electron chi connectivity index (χ2n) is 4.71. The summed E-state index contributed by atoms with van der Waals surface area (Å²) < 4.78 is 0. The summed E-state index contributed by atoms with van der Waals surface area (Å²) in [5, 5.41) is 21.0. The molecule has 1 fully saturated rings. The average Bonchev–Trinajstić information content (AvgIpc) is 2.86. The number of hydrogen-bond donors (Lipinski definition) is 2. The first-order valence-corrected chi connectivity index (χ1v) is 6.25. The van der Waals surface area contributed by atoms with E-state index in [2.05, 4.69) is 9.88 Å². The van der Waals surface area contributed by atoms with Crippen LogP contribution in [0, 0.1) is 0 Å². The first-order chi connectivity index (χ1) is 8.79. The van der Waals surface area contributed by atoms with E-state index in [-0.39, 0.29) is 18.4 Å². The molecule has 1 aliphatic rings. The number of aliphatic hydroxyl groups excluding tert-OH is 1. The summed E-state index contributed by atoms with van der Waals surface area (Å²) in [6.45, 7) is 1.06. The van der Waals surface area contributed by atoms with E-state index in [0.29, 0.717) is 0 Å². The number of nitrogens with zero attached hydrogens (tertiary/aromatic N) is 2. The largest absolute Gasteiger partial charge is 0.508 e. The van der Waals surface area contributed by atoms with Crippen molar-refractivity contribution in [2.24, 2.45) is 0 Å². The van der Waals surface area contributed by atoms with Crippen molar-refractivity contribution in [3.05, 3.63) is 30.5 Å². The lowest BCUT2D eigenvalue weighted by molar-refractivity contribution is 0.266. The highest BCUT2D eigenvalue weighted by Gasteiger charge is 2.26. The molecule has 0 radical (unpaired) electrons. The highest BCUT2D eigenvalue weighted by molar-refractivity contribution is 5.93. The molecular weight excluding hydrogens is 228 g/mol. The molecule has 1 aromatic carbocycles. The Hall–Kier alpha value is -1.81. The Labute approximate surface area is 105 Å². The van der Waals surface area contributed by atoms with Gasteiger partial charge in [0.25, 0.3) is 0 Å². The zero-order chi connectivity index (χ0) is 12.5. The SMILES string of the molecule is OCC1CCCN1c1nccc2ccc(O)cc12. The summed E-state index contributed by atoms with van der Waals surface area (Å²) in [6, 6.07) is 7.39. The van der Waals surface area contributed by atoms with Gasteiger partial charge in [-0.15, -0.1) is 0 Å². The van der Waals surface area contributed by atoms with Crippen molar-refractivity contribution >= 4 is 16.6 Å². The molecule has 0 amide bonds. The van der Waals surface area contributed by atoms with Gasteiger partial charge in [0.05, 0.1) is 12.6 Å². The highest BCUT2D eigenvalue weighted by atomic mass is 16.3. The Morgan fingerprint density at radius 3 is 3.06 bits per heavy atom. The van der Waals surface area contributed by atoms with Gasteiger partial charge in [0, 0.05) is 18.1 Å². The first kappa shape index (κ1) is 11.3. The minimum Gasteiger partial charge on any atom is -0.508 e. The van der Waals surface area contributed by atoms with Gasteiger partial charge in [0.1, 0.15) is 11.6 Å². The number of phenols is 1. The molecule has 18 heavy (non-hydrogen) atoms. The number of aliphatic hydroxyl groups is 1. The van der Waals surface area contributed by atoms with Crippen LogP contribution in [0.3, 0.4) is 0 Å². The lowest BCUT2D eigenvalue weighted by atomic mass is 10.1. The molecule has 1 aliphatic heterocycles. The van der Waals surface area contributed by atoms with Crippen molar-refractivity contribution in [3.63, 3.8) is 0 Å². The van der Waals surface area contributed by atoms with Crippen LogP contribution >= 0.6 is 0 Å². The number of pyridine rings is 1. The first-order valence-electron chi connectivity index (χ1n) is 6.25. The topological polar surface area (TPSA) is 56.6 Å². The highest BCUT2D eigenvalue weighted by Crippen LogP contribution is 2.31. The minimum absolute atomic E-state index is 0.144. The Bertz CT molecular complexity index is 571. The molecule has 1 unspecified atom stereocenters. The summed E-state index contributed by atoms with van der Waals surface area (Å²) in [5.41, 5.74) is 0. The van der Waals surface area contributed by atoms with Gasteiger partial charge in [0.2, 0.25) is 0 Å². The van der Waals surface area contributed by atoms with E-state index in [1.807, 2.05) is 12.1 Å². The Kier molecular flexibility index (Phi) is 2.80. The summed E-state index contributed by atoms with van der Waals surface area (Å²) in [5.74, 6) is 1.11. The molecule has 1 atom stereocenters. The van der Waals surface area contributed by atoms with Gasteiger partial charge < -0.3 is 15.1 Å². The van der Waals surface area contributed by atoms with Gasteiger partial charge in [-0.2, -0.15) is 0 Å².